The molecule has 1 amide bonds. The third-order valence-electron chi connectivity index (χ3n) is 4.07. The summed E-state index contributed by atoms with van der Waals surface area (Å²) in [6.45, 7) is 3.68. The number of aromatic nitrogens is 2. The van der Waals surface area contributed by atoms with Crippen molar-refractivity contribution in [1.29, 1.82) is 0 Å². The van der Waals surface area contributed by atoms with Gasteiger partial charge in [0, 0.05) is 34.8 Å². The molecule has 3 rings (SSSR count). The maximum absolute atomic E-state index is 12.7. The molecule has 26 heavy (non-hydrogen) atoms. The van der Waals surface area contributed by atoms with Crippen molar-refractivity contribution in [2.45, 2.75) is 19.4 Å². The van der Waals surface area contributed by atoms with Gasteiger partial charge in [-0.2, -0.15) is 5.10 Å². The lowest BCUT2D eigenvalue weighted by atomic mass is 10.0. The van der Waals surface area contributed by atoms with Crippen molar-refractivity contribution in [2.24, 2.45) is 0 Å². The van der Waals surface area contributed by atoms with E-state index in [0.29, 0.717) is 11.4 Å². The Balaban J connectivity index is 1.76. The summed E-state index contributed by atoms with van der Waals surface area (Å²) in [7, 11) is 1.60. The summed E-state index contributed by atoms with van der Waals surface area (Å²) in [6.07, 6.45) is 3.52. The van der Waals surface area contributed by atoms with Crippen LogP contribution in [0.25, 0.3) is 11.1 Å². The Hall–Kier alpha value is -3.28. The zero-order valence-electron chi connectivity index (χ0n) is 15.0. The second-order valence-corrected chi connectivity index (χ2v) is 6.47. The molecule has 0 aliphatic heterocycles. The van der Waals surface area contributed by atoms with E-state index in [1.807, 2.05) is 56.3 Å². The summed E-state index contributed by atoms with van der Waals surface area (Å²) < 4.78 is 5.46. The van der Waals surface area contributed by atoms with Crippen LogP contribution in [0.5, 0.6) is 5.75 Å². The Morgan fingerprint density at radius 3 is 2.54 bits per heavy atom. The van der Waals surface area contributed by atoms with E-state index in [-0.39, 0.29) is 5.91 Å². The highest BCUT2D eigenvalue weighted by atomic mass is 16.5. The van der Waals surface area contributed by atoms with Crippen LogP contribution in [0.1, 0.15) is 13.8 Å². The minimum atomic E-state index is -0.780. The highest BCUT2D eigenvalue weighted by Crippen LogP contribution is 2.32. The molecule has 0 saturated carbocycles. The number of hydrogen-bond acceptors (Lipinski definition) is 4. The van der Waals surface area contributed by atoms with Gasteiger partial charge < -0.3 is 15.4 Å². The molecule has 3 N–H and O–H groups in total. The Morgan fingerprint density at radius 1 is 1.12 bits per heavy atom. The van der Waals surface area contributed by atoms with Crippen LogP contribution in [-0.4, -0.2) is 28.8 Å². The zero-order valence-corrected chi connectivity index (χ0v) is 15.0. The van der Waals surface area contributed by atoms with Gasteiger partial charge in [0.1, 0.15) is 11.3 Å². The Kier molecular flexibility index (Phi) is 4.93. The van der Waals surface area contributed by atoms with Crippen LogP contribution in [0.2, 0.25) is 0 Å². The summed E-state index contributed by atoms with van der Waals surface area (Å²) in [6, 6.07) is 15.2. The topological polar surface area (TPSA) is 79.0 Å². The van der Waals surface area contributed by atoms with Gasteiger partial charge in [-0.05, 0) is 38.1 Å². The zero-order chi connectivity index (χ0) is 18.6. The number of H-pyrrole nitrogens is 1. The molecule has 1 heterocycles. The Bertz CT molecular complexity index is 874. The average molecular weight is 350 g/mol. The molecular weight excluding hydrogens is 328 g/mol. The van der Waals surface area contributed by atoms with Crippen molar-refractivity contribution < 1.29 is 9.53 Å². The molecule has 0 saturated heterocycles. The number of nitrogens with one attached hydrogen (secondary N) is 3. The van der Waals surface area contributed by atoms with Gasteiger partial charge in [-0.25, -0.2) is 0 Å². The van der Waals surface area contributed by atoms with Crippen LogP contribution in [0, 0.1) is 0 Å². The minimum Gasteiger partial charge on any atom is -0.496 e. The number of nitrogens with zero attached hydrogens (tertiary/aromatic N) is 1. The Labute approximate surface area is 152 Å². The molecule has 0 aliphatic rings. The van der Waals surface area contributed by atoms with Crippen LogP contribution in [0.15, 0.2) is 60.9 Å². The monoisotopic (exact) mass is 350 g/mol. The summed E-state index contributed by atoms with van der Waals surface area (Å²) in [5.74, 6) is 0.525. The maximum atomic E-state index is 12.7. The fourth-order valence-electron chi connectivity index (χ4n) is 2.63. The molecule has 134 valence electrons. The van der Waals surface area contributed by atoms with Crippen molar-refractivity contribution in [2.75, 3.05) is 17.7 Å². The number of methoxy groups -OCH3 is 1. The lowest BCUT2D eigenvalue weighted by molar-refractivity contribution is -0.119. The van der Waals surface area contributed by atoms with E-state index in [1.54, 1.807) is 25.6 Å². The molecule has 3 aromatic rings. The van der Waals surface area contributed by atoms with Gasteiger partial charge in [-0.3, -0.25) is 9.89 Å². The number of carbonyl (C=O) groups excluding carboxylic acids is 1. The normalized spacial score (nSPS) is 11.0. The largest absolute Gasteiger partial charge is 0.496 e. The number of carbonyl (C=O) groups is 1. The summed E-state index contributed by atoms with van der Waals surface area (Å²) in [5, 5.41) is 12.9. The van der Waals surface area contributed by atoms with Crippen molar-refractivity contribution >= 4 is 17.3 Å². The van der Waals surface area contributed by atoms with Gasteiger partial charge in [0.05, 0.1) is 13.3 Å². The molecule has 2 aromatic carbocycles. The van der Waals surface area contributed by atoms with Crippen LogP contribution < -0.4 is 15.4 Å². The lowest BCUT2D eigenvalue weighted by Gasteiger charge is -2.26. The van der Waals surface area contributed by atoms with Crippen LogP contribution in [-0.2, 0) is 4.79 Å². The molecule has 0 spiro atoms. The van der Waals surface area contributed by atoms with E-state index in [0.717, 1.165) is 16.8 Å². The number of hydrogen-bond donors (Lipinski definition) is 3. The molecule has 0 fully saturated rings. The first-order chi connectivity index (χ1) is 12.5. The van der Waals surface area contributed by atoms with Gasteiger partial charge in [0.2, 0.25) is 5.91 Å². The Morgan fingerprint density at radius 2 is 1.88 bits per heavy atom. The number of aromatic amines is 1. The molecule has 1 aromatic heterocycles. The fraction of sp³-hybridized carbons (Fsp3) is 0.200. The number of benzene rings is 2. The van der Waals surface area contributed by atoms with Gasteiger partial charge in [0.25, 0.3) is 0 Å². The summed E-state index contributed by atoms with van der Waals surface area (Å²) >= 11 is 0. The molecule has 0 aliphatic carbocycles. The summed E-state index contributed by atoms with van der Waals surface area (Å²) in [5.41, 5.74) is 2.60. The number of rotatable bonds is 6. The predicted molar refractivity (Wildman–Crippen MR) is 103 cm³/mol. The van der Waals surface area contributed by atoms with Gasteiger partial charge in [0.15, 0.2) is 0 Å². The third kappa shape index (κ3) is 3.85. The van der Waals surface area contributed by atoms with Gasteiger partial charge in [-0.1, -0.05) is 18.2 Å². The smallest absolute Gasteiger partial charge is 0.249 e. The van der Waals surface area contributed by atoms with E-state index < -0.39 is 5.54 Å². The maximum Gasteiger partial charge on any atom is 0.249 e. The molecule has 6 heteroatoms. The molecule has 0 radical (unpaired) electrons. The number of para-hydroxylation sites is 1. The van der Waals surface area contributed by atoms with Gasteiger partial charge >= 0.3 is 0 Å². The van der Waals surface area contributed by atoms with E-state index in [2.05, 4.69) is 20.8 Å². The predicted octanol–water partition coefficient (Wildman–Crippen LogP) is 3.91. The van der Waals surface area contributed by atoms with E-state index >= 15 is 0 Å². The van der Waals surface area contributed by atoms with Crippen LogP contribution in [0.3, 0.4) is 0 Å². The standard InChI is InChI=1S/C20H22N4O2/c1-20(2,24-15-7-5-4-6-8-15)19(25)23-16-9-10-17(18(11-16)26-3)14-12-21-22-13-14/h4-13,24H,1-3H3,(H,21,22)(H,23,25). The first kappa shape index (κ1) is 17.5. The second kappa shape index (κ2) is 7.31. The fourth-order valence-corrected chi connectivity index (χ4v) is 2.63. The highest BCUT2D eigenvalue weighted by Gasteiger charge is 2.27. The third-order valence-corrected chi connectivity index (χ3v) is 4.07. The minimum absolute atomic E-state index is 0.139. The van der Waals surface area contributed by atoms with Crippen molar-refractivity contribution in [3.8, 4) is 16.9 Å². The molecule has 0 bridgehead atoms. The second-order valence-electron chi connectivity index (χ2n) is 6.47. The quantitative estimate of drug-likeness (QED) is 0.630. The molecule has 0 atom stereocenters. The number of amides is 1. The molecule has 0 unspecified atom stereocenters. The van der Waals surface area contributed by atoms with E-state index in [1.165, 1.54) is 0 Å². The molecule has 6 nitrogen and oxygen atoms in total. The summed E-state index contributed by atoms with van der Waals surface area (Å²) in [4.78, 5) is 12.7. The lowest BCUT2D eigenvalue weighted by Crippen LogP contribution is -2.44. The van der Waals surface area contributed by atoms with E-state index in [9.17, 15) is 4.79 Å². The SMILES string of the molecule is COc1cc(NC(=O)C(C)(C)Nc2ccccc2)ccc1-c1cn[nH]c1. The number of anilines is 2. The first-order valence-corrected chi connectivity index (χ1v) is 8.31. The highest BCUT2D eigenvalue weighted by molar-refractivity contribution is 5.99. The first-order valence-electron chi connectivity index (χ1n) is 8.31. The van der Waals surface area contributed by atoms with Crippen molar-refractivity contribution in [3.05, 3.63) is 60.9 Å². The average Bonchev–Trinajstić information content (AvgIpc) is 3.16. The van der Waals surface area contributed by atoms with Crippen LogP contribution >= 0.6 is 0 Å². The van der Waals surface area contributed by atoms with Crippen molar-refractivity contribution in [3.63, 3.8) is 0 Å². The number of ether oxygens (including phenoxy) is 1. The molecular formula is C20H22N4O2. The van der Waals surface area contributed by atoms with Gasteiger partial charge in [-0.15, -0.1) is 0 Å². The van der Waals surface area contributed by atoms with Crippen molar-refractivity contribution in [1.82, 2.24) is 10.2 Å². The van der Waals surface area contributed by atoms with E-state index in [4.69, 9.17) is 4.74 Å². The van der Waals surface area contributed by atoms with Crippen LogP contribution in [0.4, 0.5) is 11.4 Å².